The number of fused-ring (bicyclic) bond motifs is 2. The van der Waals surface area contributed by atoms with Crippen LogP contribution in [0.2, 0.25) is 0 Å². The summed E-state index contributed by atoms with van der Waals surface area (Å²) < 4.78 is 18.2. The summed E-state index contributed by atoms with van der Waals surface area (Å²) in [5.41, 5.74) is 2.62. The molecule has 0 amide bonds. The van der Waals surface area contributed by atoms with Gasteiger partial charge in [0.15, 0.2) is 12.5 Å². The molecule has 162 valence electrons. The minimum absolute atomic E-state index is 0.252. The van der Waals surface area contributed by atoms with Gasteiger partial charge in [-0.1, -0.05) is 39.0 Å². The smallest absolute Gasteiger partial charge is 0.207 e. The third-order valence-corrected chi connectivity index (χ3v) is 7.38. The van der Waals surface area contributed by atoms with E-state index in [0.29, 0.717) is 21.6 Å². The van der Waals surface area contributed by atoms with Crippen LogP contribution < -0.4 is 4.90 Å². The molecule has 3 atom stereocenters. The van der Waals surface area contributed by atoms with Crippen molar-refractivity contribution in [3.05, 3.63) is 65.2 Å². The first kappa shape index (κ1) is 20.6. The Kier molecular flexibility index (Phi) is 4.90. The number of aromatic nitrogens is 3. The number of hydrogen-bond acceptors (Lipinski definition) is 2. The van der Waals surface area contributed by atoms with Gasteiger partial charge < -0.3 is 4.90 Å². The van der Waals surface area contributed by atoms with Crippen molar-refractivity contribution in [3.8, 4) is 17.1 Å². The van der Waals surface area contributed by atoms with Crippen molar-refractivity contribution in [2.24, 2.45) is 10.8 Å². The topological polar surface area (TPSA) is 27.2 Å². The number of halogens is 1. The summed E-state index contributed by atoms with van der Waals surface area (Å²) in [5.74, 6) is 0.502. The number of quaternary nitrogens is 1. The van der Waals surface area contributed by atoms with E-state index in [0.717, 1.165) is 30.3 Å². The zero-order chi connectivity index (χ0) is 21.8. The van der Waals surface area contributed by atoms with E-state index in [4.69, 9.17) is 17.3 Å². The van der Waals surface area contributed by atoms with Gasteiger partial charge in [-0.05, 0) is 60.5 Å². The van der Waals surface area contributed by atoms with E-state index in [1.807, 2.05) is 39.6 Å². The van der Waals surface area contributed by atoms with Crippen molar-refractivity contribution >= 4 is 12.2 Å². The summed E-state index contributed by atoms with van der Waals surface area (Å²) in [4.78, 5) is 1.58. The Bertz CT molecular complexity index is 1150. The second-order valence-electron chi connectivity index (χ2n) is 10.5. The Morgan fingerprint density at radius 3 is 2.48 bits per heavy atom. The maximum Gasteiger partial charge on any atom is 0.207 e. The lowest BCUT2D eigenvalue weighted by Crippen LogP contribution is -3.13. The molecule has 1 N–H and O–H groups in total. The predicted molar refractivity (Wildman–Crippen MR) is 123 cm³/mol. The SMILES string of the molecule is CC1(C)C[C@H]2C[C@](C)(C[NH+]2Cn2nc(-c3ccc(F)cc3)n(-c3ccccc3)c2=S)C1. The van der Waals surface area contributed by atoms with E-state index in [2.05, 4.69) is 20.8 Å². The van der Waals surface area contributed by atoms with Crippen LogP contribution in [0, 0.1) is 21.4 Å². The lowest BCUT2D eigenvalue weighted by molar-refractivity contribution is -0.937. The highest BCUT2D eigenvalue weighted by atomic mass is 32.1. The molecule has 2 aliphatic rings. The molecule has 6 heteroatoms. The second kappa shape index (κ2) is 7.38. The maximum absolute atomic E-state index is 13.5. The summed E-state index contributed by atoms with van der Waals surface area (Å²) in [5, 5.41) is 4.95. The molecule has 1 unspecified atom stereocenters. The molecule has 2 aromatic carbocycles. The molecular formula is C25H30FN4S+. The number of benzene rings is 2. The van der Waals surface area contributed by atoms with Crippen LogP contribution in [0.1, 0.15) is 40.0 Å². The number of nitrogens with one attached hydrogen (secondary N) is 1. The van der Waals surface area contributed by atoms with Gasteiger partial charge in [0.1, 0.15) is 5.82 Å². The van der Waals surface area contributed by atoms with Crippen molar-refractivity contribution in [3.63, 3.8) is 0 Å². The van der Waals surface area contributed by atoms with Gasteiger partial charge in [0, 0.05) is 29.5 Å². The van der Waals surface area contributed by atoms with Crippen molar-refractivity contribution in [1.29, 1.82) is 0 Å². The molecule has 0 radical (unpaired) electrons. The molecule has 1 aliphatic heterocycles. The van der Waals surface area contributed by atoms with E-state index >= 15 is 0 Å². The Hall–Kier alpha value is -2.31. The number of hydrogen-bond donors (Lipinski definition) is 1. The third kappa shape index (κ3) is 3.87. The first-order chi connectivity index (χ1) is 14.7. The Morgan fingerprint density at radius 1 is 1.06 bits per heavy atom. The van der Waals surface area contributed by atoms with Gasteiger partial charge in [0.2, 0.25) is 4.77 Å². The molecule has 2 heterocycles. The monoisotopic (exact) mass is 437 g/mol. The van der Waals surface area contributed by atoms with Crippen LogP contribution in [0.15, 0.2) is 54.6 Å². The van der Waals surface area contributed by atoms with Gasteiger partial charge in [-0.3, -0.25) is 4.57 Å². The fourth-order valence-electron chi connectivity index (χ4n) is 6.23. The van der Waals surface area contributed by atoms with E-state index in [9.17, 15) is 4.39 Å². The average molecular weight is 438 g/mol. The van der Waals surface area contributed by atoms with Crippen LogP contribution in [0.5, 0.6) is 0 Å². The zero-order valence-corrected chi connectivity index (χ0v) is 19.3. The quantitative estimate of drug-likeness (QED) is 0.602. The molecule has 3 aromatic rings. The Labute approximate surface area is 188 Å². The van der Waals surface area contributed by atoms with Crippen LogP contribution in [-0.2, 0) is 6.67 Å². The number of likely N-dealkylation sites (tertiary alicyclic amines) is 1. The standard InChI is InChI=1S/C25H29FN4S/c1-24(2)13-21-14-25(3,15-24)16-28(21)17-29-23(31)30(20-7-5-4-6-8-20)22(27-29)18-9-11-19(26)12-10-18/h4-12,21H,13-17H2,1-3H3/p+1/t21-,25-/m0/s1. The van der Waals surface area contributed by atoms with Crippen LogP contribution in [0.4, 0.5) is 4.39 Å². The van der Waals surface area contributed by atoms with E-state index < -0.39 is 0 Å². The number of rotatable bonds is 4. The summed E-state index contributed by atoms with van der Waals surface area (Å²) in [6, 6.07) is 17.2. The normalized spacial score (nSPS) is 26.8. The molecule has 1 saturated heterocycles. The highest BCUT2D eigenvalue weighted by Gasteiger charge is 2.52. The van der Waals surface area contributed by atoms with Gasteiger partial charge in [0.05, 0.1) is 12.6 Å². The summed E-state index contributed by atoms with van der Waals surface area (Å²) in [6.07, 6.45) is 3.81. The Balaban J connectivity index is 1.55. The molecule has 2 fully saturated rings. The lowest BCUT2D eigenvalue weighted by atomic mass is 9.65. The predicted octanol–water partition coefficient (Wildman–Crippen LogP) is 4.65. The van der Waals surface area contributed by atoms with Gasteiger partial charge in [-0.25, -0.2) is 4.39 Å². The first-order valence-corrected chi connectivity index (χ1v) is 11.5. The molecule has 2 bridgehead atoms. The minimum atomic E-state index is -0.252. The summed E-state index contributed by atoms with van der Waals surface area (Å²) >= 11 is 5.92. The minimum Gasteiger partial charge on any atom is -0.313 e. The van der Waals surface area contributed by atoms with E-state index in [-0.39, 0.29) is 5.82 Å². The highest BCUT2D eigenvalue weighted by molar-refractivity contribution is 7.71. The van der Waals surface area contributed by atoms with Gasteiger partial charge in [-0.2, -0.15) is 4.68 Å². The zero-order valence-electron chi connectivity index (χ0n) is 18.4. The Morgan fingerprint density at radius 2 is 1.77 bits per heavy atom. The average Bonchev–Trinajstić information content (AvgIpc) is 3.15. The molecule has 4 nitrogen and oxygen atoms in total. The number of para-hydroxylation sites is 1. The van der Waals surface area contributed by atoms with Crippen molar-refractivity contribution in [2.45, 2.75) is 52.7 Å². The molecule has 1 aromatic heterocycles. The molecule has 1 saturated carbocycles. The van der Waals surface area contributed by atoms with E-state index in [1.54, 1.807) is 17.0 Å². The van der Waals surface area contributed by atoms with Crippen LogP contribution >= 0.6 is 12.2 Å². The van der Waals surface area contributed by atoms with Gasteiger partial charge in [0.25, 0.3) is 0 Å². The first-order valence-electron chi connectivity index (χ1n) is 11.1. The van der Waals surface area contributed by atoms with Crippen molar-refractivity contribution in [1.82, 2.24) is 14.3 Å². The van der Waals surface area contributed by atoms with Gasteiger partial charge in [-0.15, -0.1) is 5.10 Å². The largest absolute Gasteiger partial charge is 0.313 e. The fourth-order valence-corrected chi connectivity index (χ4v) is 6.53. The second-order valence-corrected chi connectivity index (χ2v) is 10.9. The van der Waals surface area contributed by atoms with Crippen molar-refractivity contribution < 1.29 is 9.29 Å². The molecular weight excluding hydrogens is 407 g/mol. The van der Waals surface area contributed by atoms with Crippen LogP contribution in [0.25, 0.3) is 17.1 Å². The molecule has 5 rings (SSSR count). The van der Waals surface area contributed by atoms with Crippen LogP contribution in [-0.4, -0.2) is 26.9 Å². The molecule has 0 spiro atoms. The number of nitrogens with zero attached hydrogens (tertiary/aromatic N) is 3. The lowest BCUT2D eigenvalue weighted by Gasteiger charge is -2.37. The third-order valence-electron chi connectivity index (χ3n) is 6.98. The van der Waals surface area contributed by atoms with E-state index in [1.165, 1.54) is 31.4 Å². The highest BCUT2D eigenvalue weighted by Crippen LogP contribution is 2.47. The van der Waals surface area contributed by atoms with Crippen molar-refractivity contribution in [2.75, 3.05) is 6.54 Å². The molecule has 31 heavy (non-hydrogen) atoms. The fraction of sp³-hybridized carbons (Fsp3) is 0.440. The summed E-state index contributed by atoms with van der Waals surface area (Å²) in [7, 11) is 0. The van der Waals surface area contributed by atoms with Gasteiger partial charge >= 0.3 is 0 Å². The summed E-state index contributed by atoms with van der Waals surface area (Å²) in [6.45, 7) is 9.18. The van der Waals surface area contributed by atoms with Crippen LogP contribution in [0.3, 0.4) is 0 Å². The maximum atomic E-state index is 13.5. The molecule has 1 aliphatic carbocycles.